The Labute approximate surface area is 192 Å². The van der Waals surface area contributed by atoms with Gasteiger partial charge in [0.25, 0.3) is 15.9 Å². The molecule has 0 aliphatic carbocycles. The summed E-state index contributed by atoms with van der Waals surface area (Å²) in [6.45, 7) is 3.57. The molecule has 0 unspecified atom stereocenters. The number of halogens is 1. The number of carbonyl (C=O) groups excluding carboxylic acids is 3. The number of sulfonamides is 1. The lowest BCUT2D eigenvalue weighted by Gasteiger charge is -2.29. The maximum atomic E-state index is 13.1. The van der Waals surface area contributed by atoms with Crippen LogP contribution in [0.3, 0.4) is 0 Å². The second kappa shape index (κ2) is 9.70. The van der Waals surface area contributed by atoms with Crippen molar-refractivity contribution in [2.24, 2.45) is 0 Å². The molecule has 0 aromatic heterocycles. The zero-order chi connectivity index (χ0) is 23.5. The smallest absolute Gasteiger partial charge is 0.269 e. The van der Waals surface area contributed by atoms with Crippen LogP contribution in [0, 0.1) is 0 Å². The molecular weight excluding hydrogens is 454 g/mol. The highest BCUT2D eigenvalue weighted by atomic mass is 35.5. The van der Waals surface area contributed by atoms with Gasteiger partial charge in [-0.15, -0.1) is 0 Å². The highest BCUT2D eigenvalue weighted by Gasteiger charge is 2.41. The monoisotopic (exact) mass is 477 g/mol. The normalized spacial score (nSPS) is 15.2. The quantitative estimate of drug-likeness (QED) is 0.628. The zero-order valence-corrected chi connectivity index (χ0v) is 19.3. The predicted molar refractivity (Wildman–Crippen MR) is 119 cm³/mol. The van der Waals surface area contributed by atoms with Crippen LogP contribution in [0.4, 0.5) is 0 Å². The van der Waals surface area contributed by atoms with E-state index >= 15 is 0 Å². The molecule has 1 aliphatic rings. The van der Waals surface area contributed by atoms with Gasteiger partial charge in [-0.2, -0.15) is 0 Å². The molecule has 0 spiro atoms. The third-order valence-electron chi connectivity index (χ3n) is 5.20. The Morgan fingerprint density at radius 1 is 1.16 bits per heavy atom. The Morgan fingerprint density at radius 3 is 2.53 bits per heavy atom. The predicted octanol–water partition coefficient (Wildman–Crippen LogP) is 2.43. The van der Waals surface area contributed by atoms with Gasteiger partial charge in [0.1, 0.15) is 10.9 Å². The fourth-order valence-corrected chi connectivity index (χ4v) is 5.31. The maximum absolute atomic E-state index is 13.1. The van der Waals surface area contributed by atoms with E-state index in [4.69, 9.17) is 11.6 Å². The number of hydrogen-bond acceptors (Lipinski definition) is 5. The number of amides is 3. The van der Waals surface area contributed by atoms with E-state index in [1.165, 1.54) is 17.0 Å². The van der Waals surface area contributed by atoms with E-state index in [9.17, 15) is 22.8 Å². The van der Waals surface area contributed by atoms with Gasteiger partial charge in [0, 0.05) is 31.1 Å². The minimum Gasteiger partial charge on any atom is -0.355 e. The van der Waals surface area contributed by atoms with Gasteiger partial charge in [-0.05, 0) is 43.7 Å². The van der Waals surface area contributed by atoms with Gasteiger partial charge in [0.15, 0.2) is 0 Å². The van der Waals surface area contributed by atoms with E-state index in [1.54, 1.807) is 50.2 Å². The fraction of sp³-hybridized carbons (Fsp3) is 0.318. The molecule has 0 radical (unpaired) electrons. The van der Waals surface area contributed by atoms with Crippen molar-refractivity contribution in [1.29, 1.82) is 0 Å². The van der Waals surface area contributed by atoms with Crippen LogP contribution < -0.4 is 5.32 Å². The fourth-order valence-electron chi connectivity index (χ4n) is 3.53. The summed E-state index contributed by atoms with van der Waals surface area (Å²) in [5.74, 6) is -1.45. The summed E-state index contributed by atoms with van der Waals surface area (Å²) in [4.78, 5) is 39.4. The molecule has 8 nitrogen and oxygen atoms in total. The molecule has 32 heavy (non-hydrogen) atoms. The first kappa shape index (κ1) is 23.7. The number of rotatable bonds is 8. The van der Waals surface area contributed by atoms with Gasteiger partial charge in [0.2, 0.25) is 11.8 Å². The van der Waals surface area contributed by atoms with Crippen molar-refractivity contribution in [3.05, 3.63) is 64.7 Å². The molecule has 1 N–H and O–H groups in total. The SMILES string of the molecule is CCNC(=O)[C@@H](C)N(Cc1cccc(Cl)c1)C(=O)CCN1C(=O)c2ccccc2S1(=O)=O. The van der Waals surface area contributed by atoms with Gasteiger partial charge < -0.3 is 10.2 Å². The number of benzene rings is 2. The van der Waals surface area contributed by atoms with Crippen LogP contribution in [-0.2, 0) is 26.2 Å². The van der Waals surface area contributed by atoms with Crippen molar-refractivity contribution in [3.63, 3.8) is 0 Å². The summed E-state index contributed by atoms with van der Waals surface area (Å²) < 4.78 is 26.2. The molecule has 0 saturated heterocycles. The molecule has 3 rings (SSSR count). The molecule has 1 heterocycles. The van der Waals surface area contributed by atoms with Gasteiger partial charge in [-0.1, -0.05) is 35.9 Å². The van der Waals surface area contributed by atoms with Crippen LogP contribution >= 0.6 is 11.6 Å². The molecule has 1 atom stereocenters. The summed E-state index contributed by atoms with van der Waals surface area (Å²) in [6, 6.07) is 12.0. The van der Waals surface area contributed by atoms with Gasteiger partial charge in [0.05, 0.1) is 5.56 Å². The third kappa shape index (κ3) is 4.78. The zero-order valence-electron chi connectivity index (χ0n) is 17.7. The van der Waals surface area contributed by atoms with Crippen LogP contribution in [0.5, 0.6) is 0 Å². The van der Waals surface area contributed by atoms with Gasteiger partial charge >= 0.3 is 0 Å². The molecule has 1 aliphatic heterocycles. The molecular formula is C22H24ClN3O5S. The summed E-state index contributed by atoms with van der Waals surface area (Å²) in [5, 5.41) is 3.18. The van der Waals surface area contributed by atoms with E-state index in [0.29, 0.717) is 15.9 Å². The van der Waals surface area contributed by atoms with Crippen molar-refractivity contribution >= 4 is 39.3 Å². The second-order valence-electron chi connectivity index (χ2n) is 7.35. The van der Waals surface area contributed by atoms with Crippen LogP contribution in [0.25, 0.3) is 0 Å². The van der Waals surface area contributed by atoms with E-state index in [-0.39, 0.29) is 35.9 Å². The Morgan fingerprint density at radius 2 is 1.88 bits per heavy atom. The van der Waals surface area contributed by atoms with E-state index in [2.05, 4.69) is 5.32 Å². The lowest BCUT2D eigenvalue weighted by Crippen LogP contribution is -2.48. The van der Waals surface area contributed by atoms with Crippen molar-refractivity contribution in [2.75, 3.05) is 13.1 Å². The number of likely N-dealkylation sites (N-methyl/N-ethyl adjacent to an activating group) is 1. The highest BCUT2D eigenvalue weighted by Crippen LogP contribution is 2.30. The maximum Gasteiger partial charge on any atom is 0.269 e. The number of hydrogen-bond donors (Lipinski definition) is 1. The molecule has 170 valence electrons. The van der Waals surface area contributed by atoms with Gasteiger partial charge in [-0.25, -0.2) is 12.7 Å². The topological polar surface area (TPSA) is 104 Å². The minimum absolute atomic E-state index is 0.0658. The standard InChI is InChI=1S/C22H24ClN3O5S/c1-3-24-21(28)15(2)25(14-16-7-6-8-17(23)13-16)20(27)11-12-26-22(29)18-9-4-5-10-19(18)32(26,30)31/h4-10,13,15H,3,11-12,14H2,1-2H3,(H,24,28)/t15-/m1/s1. The first-order chi connectivity index (χ1) is 15.2. The molecule has 0 bridgehead atoms. The van der Waals surface area contributed by atoms with Crippen LogP contribution in [-0.4, -0.2) is 54.5 Å². The lowest BCUT2D eigenvalue weighted by molar-refractivity contribution is -0.140. The molecule has 0 saturated carbocycles. The van der Waals surface area contributed by atoms with Crippen molar-refractivity contribution in [1.82, 2.24) is 14.5 Å². The summed E-state index contributed by atoms with van der Waals surface area (Å²) in [5.41, 5.74) is 0.811. The molecule has 0 fully saturated rings. The van der Waals surface area contributed by atoms with Gasteiger partial charge in [-0.3, -0.25) is 14.4 Å². The number of carbonyl (C=O) groups is 3. The molecule has 3 amide bonds. The van der Waals surface area contributed by atoms with Crippen LogP contribution in [0.15, 0.2) is 53.4 Å². The third-order valence-corrected chi connectivity index (χ3v) is 7.28. The summed E-state index contributed by atoms with van der Waals surface area (Å²) in [7, 11) is -4.01. The lowest BCUT2D eigenvalue weighted by atomic mass is 10.1. The minimum atomic E-state index is -4.01. The average Bonchev–Trinajstić information content (AvgIpc) is 2.95. The first-order valence-corrected chi connectivity index (χ1v) is 12.0. The average molecular weight is 478 g/mol. The number of fused-ring (bicyclic) bond motifs is 1. The summed E-state index contributed by atoms with van der Waals surface area (Å²) >= 11 is 6.05. The van der Waals surface area contributed by atoms with E-state index in [1.807, 2.05) is 0 Å². The Bertz CT molecular complexity index is 1150. The van der Waals surface area contributed by atoms with Crippen LogP contribution in [0.2, 0.25) is 5.02 Å². The molecule has 2 aromatic rings. The Hall–Kier alpha value is -2.91. The van der Waals surface area contributed by atoms with E-state index < -0.39 is 27.9 Å². The summed E-state index contributed by atoms with van der Waals surface area (Å²) in [6.07, 6.45) is -0.261. The Balaban J connectivity index is 1.79. The van der Waals surface area contributed by atoms with Crippen LogP contribution in [0.1, 0.15) is 36.2 Å². The van der Waals surface area contributed by atoms with Crippen molar-refractivity contribution in [2.45, 2.75) is 37.8 Å². The second-order valence-corrected chi connectivity index (χ2v) is 9.62. The number of nitrogens with zero attached hydrogens (tertiary/aromatic N) is 2. The number of nitrogens with one attached hydrogen (secondary N) is 1. The van der Waals surface area contributed by atoms with E-state index in [0.717, 1.165) is 5.56 Å². The molecule has 10 heteroatoms. The van der Waals surface area contributed by atoms with Crippen molar-refractivity contribution in [3.8, 4) is 0 Å². The van der Waals surface area contributed by atoms with Crippen molar-refractivity contribution < 1.29 is 22.8 Å². The largest absolute Gasteiger partial charge is 0.355 e. The Kier molecular flexibility index (Phi) is 7.20. The molecule has 2 aromatic carbocycles. The highest BCUT2D eigenvalue weighted by molar-refractivity contribution is 7.90. The first-order valence-electron chi connectivity index (χ1n) is 10.1.